The molecule has 0 saturated carbocycles. The molecule has 0 spiro atoms. The van der Waals surface area contributed by atoms with Crippen molar-refractivity contribution in [1.82, 2.24) is 15.2 Å². The van der Waals surface area contributed by atoms with Gasteiger partial charge in [0, 0.05) is 19.7 Å². The number of carbonyl (C=O) groups is 1. The van der Waals surface area contributed by atoms with Crippen molar-refractivity contribution in [2.75, 3.05) is 26.0 Å². The summed E-state index contributed by atoms with van der Waals surface area (Å²) in [4.78, 5) is 13.6. The molecule has 7 heteroatoms. The first-order chi connectivity index (χ1) is 7.57. The van der Waals surface area contributed by atoms with Gasteiger partial charge in [-0.15, -0.1) is 0 Å². The number of nitrogens with two attached hydrogens (primary N) is 1. The van der Waals surface area contributed by atoms with Crippen molar-refractivity contribution < 1.29 is 14.2 Å². The Morgan fingerprint density at radius 3 is 2.69 bits per heavy atom. The first-order valence-electron chi connectivity index (χ1n) is 4.95. The molecule has 0 unspecified atom stereocenters. The average molecular weight is 228 g/mol. The summed E-state index contributed by atoms with van der Waals surface area (Å²) in [6.07, 6.45) is 0. The molecular weight excluding hydrogens is 212 g/mol. The Balaban J connectivity index is 2.79. The van der Waals surface area contributed by atoms with Gasteiger partial charge in [0.2, 0.25) is 11.5 Å². The highest BCUT2D eigenvalue weighted by Gasteiger charge is 2.24. The van der Waals surface area contributed by atoms with Gasteiger partial charge in [-0.2, -0.15) is 0 Å². The second-order valence-electron chi connectivity index (χ2n) is 3.58. The summed E-state index contributed by atoms with van der Waals surface area (Å²) in [5.41, 5.74) is 5.51. The maximum atomic E-state index is 12.0. The number of methoxy groups -OCH3 is 1. The Hall–Kier alpha value is -1.63. The van der Waals surface area contributed by atoms with Crippen LogP contribution in [-0.2, 0) is 4.74 Å². The quantitative estimate of drug-likeness (QED) is 0.770. The van der Waals surface area contributed by atoms with Gasteiger partial charge in [0.15, 0.2) is 0 Å². The van der Waals surface area contributed by atoms with Crippen LogP contribution in [0.15, 0.2) is 4.63 Å². The summed E-state index contributed by atoms with van der Waals surface area (Å²) in [6.45, 7) is 4.73. The van der Waals surface area contributed by atoms with Crippen LogP contribution >= 0.6 is 0 Å². The fourth-order valence-corrected chi connectivity index (χ4v) is 1.26. The maximum Gasteiger partial charge on any atom is 0.280 e. The van der Waals surface area contributed by atoms with Crippen molar-refractivity contribution in [3.8, 4) is 0 Å². The zero-order valence-electron chi connectivity index (χ0n) is 9.64. The van der Waals surface area contributed by atoms with Gasteiger partial charge in [0.25, 0.3) is 5.91 Å². The fraction of sp³-hybridized carbons (Fsp3) is 0.667. The van der Waals surface area contributed by atoms with Crippen LogP contribution in [0.2, 0.25) is 0 Å². The molecule has 0 saturated heterocycles. The first-order valence-corrected chi connectivity index (χ1v) is 4.95. The summed E-state index contributed by atoms with van der Waals surface area (Å²) in [5.74, 6) is -0.293. The van der Waals surface area contributed by atoms with Crippen molar-refractivity contribution >= 4 is 11.7 Å². The lowest BCUT2D eigenvalue weighted by atomic mass is 10.2. The highest BCUT2D eigenvalue weighted by molar-refractivity contribution is 5.96. The summed E-state index contributed by atoms with van der Waals surface area (Å²) >= 11 is 0. The molecule has 0 aliphatic rings. The van der Waals surface area contributed by atoms with E-state index in [1.807, 2.05) is 13.8 Å². The summed E-state index contributed by atoms with van der Waals surface area (Å²) in [6, 6.07) is 0.0266. The van der Waals surface area contributed by atoms with Gasteiger partial charge in [0.05, 0.1) is 6.61 Å². The van der Waals surface area contributed by atoms with Gasteiger partial charge < -0.3 is 15.4 Å². The van der Waals surface area contributed by atoms with Gasteiger partial charge in [-0.25, -0.2) is 4.63 Å². The molecule has 0 bridgehead atoms. The zero-order chi connectivity index (χ0) is 12.1. The van der Waals surface area contributed by atoms with E-state index in [2.05, 4.69) is 14.9 Å². The van der Waals surface area contributed by atoms with Crippen LogP contribution in [0.25, 0.3) is 0 Å². The van der Waals surface area contributed by atoms with Crippen LogP contribution in [0, 0.1) is 0 Å². The predicted molar refractivity (Wildman–Crippen MR) is 56.8 cm³/mol. The fourth-order valence-electron chi connectivity index (χ4n) is 1.26. The minimum atomic E-state index is -0.300. The monoisotopic (exact) mass is 228 g/mol. The molecule has 0 fully saturated rings. The molecule has 0 atom stereocenters. The maximum absolute atomic E-state index is 12.0. The summed E-state index contributed by atoms with van der Waals surface area (Å²) < 4.78 is 9.33. The van der Waals surface area contributed by atoms with E-state index in [1.54, 1.807) is 12.0 Å². The van der Waals surface area contributed by atoms with Crippen molar-refractivity contribution in [2.24, 2.45) is 0 Å². The van der Waals surface area contributed by atoms with Gasteiger partial charge >= 0.3 is 0 Å². The molecule has 1 rings (SSSR count). The third-order valence-electron chi connectivity index (χ3n) is 2.14. The van der Waals surface area contributed by atoms with Gasteiger partial charge in [-0.1, -0.05) is 0 Å². The van der Waals surface area contributed by atoms with Gasteiger partial charge in [0.1, 0.15) is 0 Å². The molecule has 0 aromatic carbocycles. The predicted octanol–water partition coefficient (Wildman–Crippen LogP) is 0.149. The van der Waals surface area contributed by atoms with Crippen LogP contribution < -0.4 is 5.73 Å². The molecule has 0 radical (unpaired) electrons. The normalized spacial score (nSPS) is 10.8. The van der Waals surface area contributed by atoms with E-state index >= 15 is 0 Å². The van der Waals surface area contributed by atoms with Crippen LogP contribution in [0.5, 0.6) is 0 Å². The number of anilines is 1. The molecule has 1 amide bonds. The highest BCUT2D eigenvalue weighted by Crippen LogP contribution is 2.10. The minimum absolute atomic E-state index is 0.00747. The second kappa shape index (κ2) is 5.45. The van der Waals surface area contributed by atoms with Crippen molar-refractivity contribution in [2.45, 2.75) is 19.9 Å². The van der Waals surface area contributed by atoms with E-state index in [0.29, 0.717) is 13.2 Å². The van der Waals surface area contributed by atoms with E-state index in [0.717, 1.165) is 0 Å². The number of hydrogen-bond donors (Lipinski definition) is 1. The number of nitrogen functional groups attached to an aromatic ring is 1. The van der Waals surface area contributed by atoms with E-state index in [1.165, 1.54) is 0 Å². The molecule has 16 heavy (non-hydrogen) atoms. The number of hydrogen-bond acceptors (Lipinski definition) is 6. The van der Waals surface area contributed by atoms with Gasteiger partial charge in [-0.05, 0) is 24.2 Å². The van der Waals surface area contributed by atoms with E-state index in [9.17, 15) is 4.79 Å². The number of carbonyl (C=O) groups excluding carboxylic acids is 1. The van der Waals surface area contributed by atoms with Crippen molar-refractivity contribution in [1.29, 1.82) is 0 Å². The standard InChI is InChI=1S/C9H16N4O3/c1-6(2)13(4-5-15-3)9(14)7-8(10)12-16-11-7/h6H,4-5H2,1-3H3,(H2,10,12). The summed E-state index contributed by atoms with van der Waals surface area (Å²) in [7, 11) is 1.58. The smallest absolute Gasteiger partial charge is 0.280 e. The Bertz CT molecular complexity index is 350. The lowest BCUT2D eigenvalue weighted by molar-refractivity contribution is 0.0625. The third-order valence-corrected chi connectivity index (χ3v) is 2.14. The van der Waals surface area contributed by atoms with Crippen molar-refractivity contribution in [3.05, 3.63) is 5.69 Å². The molecule has 90 valence electrons. The highest BCUT2D eigenvalue weighted by atomic mass is 16.6. The van der Waals surface area contributed by atoms with Gasteiger partial charge in [-0.3, -0.25) is 4.79 Å². The Labute approximate surface area is 93.5 Å². The molecule has 0 aliphatic heterocycles. The molecule has 1 heterocycles. The number of amides is 1. The molecule has 0 aliphatic carbocycles. The molecule has 1 aromatic heterocycles. The number of aromatic nitrogens is 2. The average Bonchev–Trinajstić information content (AvgIpc) is 2.64. The third kappa shape index (κ3) is 2.69. The minimum Gasteiger partial charge on any atom is -0.383 e. The largest absolute Gasteiger partial charge is 0.383 e. The van der Waals surface area contributed by atoms with Crippen molar-refractivity contribution in [3.63, 3.8) is 0 Å². The summed E-state index contributed by atoms with van der Waals surface area (Å²) in [5, 5.41) is 6.86. The number of nitrogens with zero attached hydrogens (tertiary/aromatic N) is 3. The Morgan fingerprint density at radius 1 is 1.56 bits per heavy atom. The topological polar surface area (TPSA) is 94.5 Å². The van der Waals surface area contributed by atoms with Crippen LogP contribution in [0.3, 0.4) is 0 Å². The van der Waals surface area contributed by atoms with Crippen LogP contribution in [0.1, 0.15) is 24.3 Å². The van der Waals surface area contributed by atoms with Crippen LogP contribution in [-0.4, -0.2) is 47.4 Å². The second-order valence-corrected chi connectivity index (χ2v) is 3.58. The van der Waals surface area contributed by atoms with E-state index in [4.69, 9.17) is 10.5 Å². The molecule has 7 nitrogen and oxygen atoms in total. The lowest BCUT2D eigenvalue weighted by Gasteiger charge is -2.25. The van der Waals surface area contributed by atoms with E-state index in [-0.39, 0.29) is 23.5 Å². The first kappa shape index (κ1) is 12.4. The number of ether oxygens (including phenoxy) is 1. The Kier molecular flexibility index (Phi) is 4.24. The number of rotatable bonds is 5. The molecule has 2 N–H and O–H groups in total. The lowest BCUT2D eigenvalue weighted by Crippen LogP contribution is -2.39. The zero-order valence-corrected chi connectivity index (χ0v) is 9.64. The molecule has 1 aromatic rings. The van der Waals surface area contributed by atoms with E-state index < -0.39 is 0 Å². The van der Waals surface area contributed by atoms with Crippen LogP contribution in [0.4, 0.5) is 5.82 Å². The SMILES string of the molecule is COCCN(C(=O)c1nonc1N)C(C)C. The molecular formula is C9H16N4O3. The Morgan fingerprint density at radius 2 is 2.25 bits per heavy atom.